The summed E-state index contributed by atoms with van der Waals surface area (Å²) >= 11 is 0. The summed E-state index contributed by atoms with van der Waals surface area (Å²) in [5.41, 5.74) is 0. The number of nitrogens with one attached hydrogen (secondary N) is 1. The molecule has 0 aliphatic carbocycles. The van der Waals surface area contributed by atoms with Crippen LogP contribution in [0.1, 0.15) is 284 Å². The van der Waals surface area contributed by atoms with Crippen molar-refractivity contribution in [3.63, 3.8) is 0 Å². The van der Waals surface area contributed by atoms with Crippen LogP contribution in [-0.2, 0) is 14.3 Å². The highest BCUT2D eigenvalue weighted by atomic mass is 16.5. The van der Waals surface area contributed by atoms with E-state index in [9.17, 15) is 19.8 Å². The molecule has 0 aliphatic rings. The highest BCUT2D eigenvalue weighted by molar-refractivity contribution is 5.76. The van der Waals surface area contributed by atoms with Gasteiger partial charge in [-0.25, -0.2) is 0 Å². The lowest BCUT2D eigenvalue weighted by molar-refractivity contribution is -0.143. The van der Waals surface area contributed by atoms with E-state index in [1.165, 1.54) is 193 Å². The smallest absolute Gasteiger partial charge is 0.305 e. The molecule has 0 saturated heterocycles. The minimum Gasteiger partial charge on any atom is -0.466 e. The van der Waals surface area contributed by atoms with Gasteiger partial charge in [0.15, 0.2) is 0 Å². The highest BCUT2D eigenvalue weighted by Gasteiger charge is 2.18. The highest BCUT2D eigenvalue weighted by Crippen LogP contribution is 2.16. The number of allylic oxidation sites excluding steroid dienone is 5. The van der Waals surface area contributed by atoms with Crippen LogP contribution in [0.25, 0.3) is 0 Å². The lowest BCUT2D eigenvalue weighted by Gasteiger charge is -2.20. The van der Waals surface area contributed by atoms with Crippen molar-refractivity contribution < 1.29 is 24.5 Å². The lowest BCUT2D eigenvalue weighted by Crippen LogP contribution is -2.45. The first-order chi connectivity index (χ1) is 30.5. The Morgan fingerprint density at radius 1 is 0.452 bits per heavy atom. The van der Waals surface area contributed by atoms with Gasteiger partial charge in [-0.3, -0.25) is 9.59 Å². The van der Waals surface area contributed by atoms with Crippen LogP contribution >= 0.6 is 0 Å². The minimum absolute atomic E-state index is 0.0154. The van der Waals surface area contributed by atoms with Gasteiger partial charge in [-0.15, -0.1) is 0 Å². The number of unbranched alkanes of at least 4 members (excludes halogenated alkanes) is 35. The van der Waals surface area contributed by atoms with Crippen LogP contribution in [0.2, 0.25) is 0 Å². The van der Waals surface area contributed by atoms with Crippen molar-refractivity contribution in [2.75, 3.05) is 13.2 Å². The fraction of sp³-hybridized carbons (Fsp3) is 0.857. The Hall–Kier alpha value is -1.92. The average Bonchev–Trinajstić information content (AvgIpc) is 3.27. The van der Waals surface area contributed by atoms with Crippen LogP contribution in [-0.4, -0.2) is 47.4 Å². The number of esters is 1. The van der Waals surface area contributed by atoms with Crippen molar-refractivity contribution >= 4 is 11.9 Å². The van der Waals surface area contributed by atoms with Gasteiger partial charge in [0.25, 0.3) is 0 Å². The van der Waals surface area contributed by atoms with Gasteiger partial charge in [-0.1, -0.05) is 249 Å². The molecule has 0 aliphatic heterocycles. The molecule has 0 spiro atoms. The van der Waals surface area contributed by atoms with Crippen LogP contribution < -0.4 is 5.32 Å². The van der Waals surface area contributed by atoms with Crippen LogP contribution in [0, 0.1) is 0 Å². The zero-order valence-electron chi connectivity index (χ0n) is 41.4. The Labute approximate surface area is 385 Å². The average molecular weight is 872 g/mol. The second-order valence-corrected chi connectivity index (χ2v) is 18.6. The molecule has 0 aromatic carbocycles. The van der Waals surface area contributed by atoms with E-state index in [1.54, 1.807) is 6.08 Å². The molecule has 6 nitrogen and oxygen atoms in total. The van der Waals surface area contributed by atoms with E-state index in [-0.39, 0.29) is 18.5 Å². The summed E-state index contributed by atoms with van der Waals surface area (Å²) in [6.45, 7) is 4.84. The third-order valence-electron chi connectivity index (χ3n) is 12.4. The summed E-state index contributed by atoms with van der Waals surface area (Å²) in [6, 6.07) is -0.635. The van der Waals surface area contributed by atoms with Gasteiger partial charge < -0.3 is 20.3 Å². The molecule has 3 N–H and O–H groups in total. The van der Waals surface area contributed by atoms with Crippen molar-refractivity contribution in [3.05, 3.63) is 36.5 Å². The molecular formula is C56H105NO5. The number of carbonyl (C=O) groups excluding carboxylic acids is 2. The van der Waals surface area contributed by atoms with Gasteiger partial charge in [0.2, 0.25) is 5.91 Å². The second kappa shape index (κ2) is 51.7. The quantitative estimate of drug-likeness (QED) is 0.0321. The first kappa shape index (κ1) is 60.1. The molecule has 0 aromatic heterocycles. The first-order valence-electron chi connectivity index (χ1n) is 27.3. The summed E-state index contributed by atoms with van der Waals surface area (Å²) in [7, 11) is 0. The van der Waals surface area contributed by atoms with Crippen LogP contribution in [0.3, 0.4) is 0 Å². The summed E-state index contributed by atoms with van der Waals surface area (Å²) in [5.74, 6) is -0.0919. The Balaban J connectivity index is 3.48. The number of rotatable bonds is 50. The van der Waals surface area contributed by atoms with Gasteiger partial charge in [0.05, 0.1) is 25.4 Å². The first-order valence-corrected chi connectivity index (χ1v) is 27.3. The molecule has 364 valence electrons. The molecule has 0 saturated carbocycles. The Morgan fingerprint density at radius 2 is 0.823 bits per heavy atom. The van der Waals surface area contributed by atoms with E-state index in [0.29, 0.717) is 19.4 Å². The number of hydrogen-bond donors (Lipinski definition) is 3. The van der Waals surface area contributed by atoms with Gasteiger partial charge in [-0.05, 0) is 57.8 Å². The van der Waals surface area contributed by atoms with Crippen LogP contribution in [0.5, 0.6) is 0 Å². The second-order valence-electron chi connectivity index (χ2n) is 18.6. The number of aliphatic hydroxyl groups is 2. The summed E-state index contributed by atoms with van der Waals surface area (Å²) in [5, 5.41) is 23.1. The zero-order chi connectivity index (χ0) is 45.1. The molecule has 2 atom stereocenters. The summed E-state index contributed by atoms with van der Waals surface area (Å²) < 4.78 is 5.46. The molecule has 1 amide bonds. The van der Waals surface area contributed by atoms with E-state index < -0.39 is 12.1 Å². The van der Waals surface area contributed by atoms with E-state index >= 15 is 0 Å². The van der Waals surface area contributed by atoms with Gasteiger partial charge >= 0.3 is 5.97 Å². The predicted molar refractivity (Wildman–Crippen MR) is 269 cm³/mol. The third kappa shape index (κ3) is 47.6. The maximum absolute atomic E-state index is 12.4. The van der Waals surface area contributed by atoms with Crippen molar-refractivity contribution in [1.82, 2.24) is 5.32 Å². The van der Waals surface area contributed by atoms with Gasteiger partial charge in [0.1, 0.15) is 0 Å². The van der Waals surface area contributed by atoms with Crippen LogP contribution in [0.4, 0.5) is 0 Å². The maximum Gasteiger partial charge on any atom is 0.305 e. The molecule has 6 heteroatoms. The van der Waals surface area contributed by atoms with Crippen LogP contribution in [0.15, 0.2) is 36.5 Å². The van der Waals surface area contributed by atoms with Crippen molar-refractivity contribution in [2.45, 2.75) is 296 Å². The largest absolute Gasteiger partial charge is 0.466 e. The monoisotopic (exact) mass is 872 g/mol. The van der Waals surface area contributed by atoms with Crippen molar-refractivity contribution in [3.8, 4) is 0 Å². The molecule has 0 radical (unpaired) electrons. The molecule has 2 unspecified atom stereocenters. The number of amides is 1. The van der Waals surface area contributed by atoms with Gasteiger partial charge in [-0.2, -0.15) is 0 Å². The van der Waals surface area contributed by atoms with E-state index in [4.69, 9.17) is 4.74 Å². The Kier molecular flexibility index (Phi) is 50.1. The number of aliphatic hydroxyl groups excluding tert-OH is 2. The number of ether oxygens (including phenoxy) is 1. The van der Waals surface area contributed by atoms with E-state index in [2.05, 4.69) is 43.5 Å². The van der Waals surface area contributed by atoms with E-state index in [0.717, 1.165) is 64.2 Å². The van der Waals surface area contributed by atoms with Crippen molar-refractivity contribution in [2.24, 2.45) is 0 Å². The number of carbonyl (C=O) groups is 2. The molecule has 0 bridgehead atoms. The summed E-state index contributed by atoms with van der Waals surface area (Å²) in [4.78, 5) is 24.5. The molecule has 0 aromatic rings. The molecule has 0 fully saturated rings. The molecule has 62 heavy (non-hydrogen) atoms. The van der Waals surface area contributed by atoms with E-state index in [1.807, 2.05) is 6.08 Å². The Bertz CT molecular complexity index is 1010. The minimum atomic E-state index is -0.851. The lowest BCUT2D eigenvalue weighted by atomic mass is 10.0. The summed E-state index contributed by atoms with van der Waals surface area (Å²) in [6.07, 6.45) is 62.9. The molecule has 0 heterocycles. The SMILES string of the molecule is CCCC/C=C\C/C=C\CCCCCCCC(=O)OCCCCCCCCCCCCCCCCCC(=O)NC(CO)C(O)/C=C/CCCCCCCCCCCCCCCC. The maximum atomic E-state index is 12.4. The number of hydrogen-bond acceptors (Lipinski definition) is 5. The van der Waals surface area contributed by atoms with Crippen molar-refractivity contribution in [1.29, 1.82) is 0 Å². The third-order valence-corrected chi connectivity index (χ3v) is 12.4. The Morgan fingerprint density at radius 3 is 1.27 bits per heavy atom. The fourth-order valence-corrected chi connectivity index (χ4v) is 8.18. The molecular weight excluding hydrogens is 767 g/mol. The molecule has 0 rings (SSSR count). The topological polar surface area (TPSA) is 95.9 Å². The standard InChI is InChI=1S/C56H105NO5/c1-3-5-7-9-11-13-15-17-19-21-24-28-32-36-40-44-48-54(59)53(52-58)57-55(60)49-45-41-37-33-29-25-22-20-23-27-31-35-39-43-47-51-62-56(61)50-46-42-38-34-30-26-18-16-14-12-10-8-6-4-2/h10,12,16,18,44,48,53-54,58-59H,3-9,11,13-15,17,19-43,45-47,49-52H2,1-2H3,(H,57,60)/b12-10-,18-16-,48-44+. The zero-order valence-corrected chi connectivity index (χ0v) is 41.4. The predicted octanol–water partition coefficient (Wildman–Crippen LogP) is 16.5. The van der Waals surface area contributed by atoms with Gasteiger partial charge in [0, 0.05) is 12.8 Å². The fourth-order valence-electron chi connectivity index (χ4n) is 8.18. The normalized spacial score (nSPS) is 12.9.